The van der Waals surface area contributed by atoms with Gasteiger partial charge in [0, 0.05) is 25.8 Å². The third-order valence-corrected chi connectivity index (χ3v) is 13.2. The quantitative estimate of drug-likeness (QED) is 0.0363. The molecule has 0 spiro atoms. The number of hydrogen-bond donors (Lipinski definition) is 2. The average Bonchev–Trinajstić information content (AvgIpc) is 3.87. The first-order valence-corrected chi connectivity index (χ1v) is 22.7. The molecule has 0 aromatic heterocycles. The third-order valence-electron chi connectivity index (χ3n) is 11.4. The Balaban J connectivity index is 1.29. The van der Waals surface area contributed by atoms with Gasteiger partial charge >= 0.3 is 5.97 Å². The maximum atomic E-state index is 15.4. The molecule has 7 rings (SSSR count). The predicted octanol–water partition coefficient (Wildman–Crippen LogP) is 7.70. The normalized spacial score (nSPS) is 14.1. The first-order valence-electron chi connectivity index (χ1n) is 21.3. The van der Waals surface area contributed by atoms with Crippen molar-refractivity contribution in [3.8, 4) is 0 Å². The Morgan fingerprint density at radius 3 is 1.49 bits per heavy atom. The van der Waals surface area contributed by atoms with Crippen LogP contribution < -0.4 is 10.6 Å². The number of esters is 1. The highest BCUT2D eigenvalue weighted by Gasteiger charge is 2.52. The molecule has 1 amide bonds. The largest absolute Gasteiger partial charge is 0.427 e. The van der Waals surface area contributed by atoms with E-state index in [0.717, 1.165) is 10.7 Å². The second-order valence-corrected chi connectivity index (χ2v) is 17.4. The molecule has 0 aliphatic carbocycles. The van der Waals surface area contributed by atoms with Crippen LogP contribution in [-0.2, 0) is 58.9 Å². The van der Waals surface area contributed by atoms with Crippen molar-refractivity contribution in [2.45, 2.75) is 74.2 Å². The van der Waals surface area contributed by atoms with Crippen molar-refractivity contribution in [1.29, 1.82) is 0 Å². The van der Waals surface area contributed by atoms with Crippen molar-refractivity contribution in [2.24, 2.45) is 0 Å². The lowest BCUT2D eigenvalue weighted by Crippen LogP contribution is -2.63. The minimum atomic E-state index is -4.63. The standard InChI is InChI=1S/C52H51N3O7S/c1-2-19-49(58)55(51(42-24-12-5-13-25-42,43-26-14-6-15-27-43)44-28-16-7-17-29-44)63(60,61)45-33-31-41(32-34-45)38-54-52(62-50(59)46-30-18-35-53-46,47(56)36-39-20-8-3-9-21-39)48(57)37-40-22-10-4-11-23-40/h3-17,20-29,31-34,46,53-54H,2,18-19,30,35-38H2,1H3. The molecule has 1 fully saturated rings. The minimum absolute atomic E-state index is 0.0410. The van der Waals surface area contributed by atoms with Crippen LogP contribution in [0.4, 0.5) is 0 Å². The van der Waals surface area contributed by atoms with Gasteiger partial charge in [0.1, 0.15) is 11.6 Å². The second kappa shape index (κ2) is 20.1. The maximum Gasteiger partial charge on any atom is 0.325 e. The van der Waals surface area contributed by atoms with Crippen LogP contribution in [0.2, 0.25) is 0 Å². The lowest BCUT2D eigenvalue weighted by Gasteiger charge is -2.44. The zero-order valence-corrected chi connectivity index (χ0v) is 36.0. The Labute approximate surface area is 369 Å². The van der Waals surface area contributed by atoms with E-state index in [0.29, 0.717) is 52.8 Å². The van der Waals surface area contributed by atoms with Crippen molar-refractivity contribution >= 4 is 33.5 Å². The van der Waals surface area contributed by atoms with E-state index in [-0.39, 0.29) is 30.7 Å². The number of sulfonamides is 1. The Morgan fingerprint density at radius 1 is 0.635 bits per heavy atom. The van der Waals surface area contributed by atoms with Crippen LogP contribution in [0.5, 0.6) is 0 Å². The van der Waals surface area contributed by atoms with Gasteiger partial charge in [0.05, 0.1) is 4.90 Å². The van der Waals surface area contributed by atoms with Crippen LogP contribution in [0.1, 0.15) is 66.0 Å². The number of hydrogen-bond acceptors (Lipinski definition) is 9. The van der Waals surface area contributed by atoms with Gasteiger partial charge in [-0.15, -0.1) is 0 Å². The van der Waals surface area contributed by atoms with Crippen molar-refractivity contribution in [3.05, 3.63) is 209 Å². The first-order chi connectivity index (χ1) is 30.6. The highest BCUT2D eigenvalue weighted by Crippen LogP contribution is 2.45. The molecule has 6 aromatic carbocycles. The number of nitrogens with one attached hydrogen (secondary N) is 2. The van der Waals surface area contributed by atoms with E-state index in [1.807, 2.05) is 110 Å². The SMILES string of the molecule is CCCC(=O)N(C(c1ccccc1)(c1ccccc1)c1ccccc1)S(=O)(=O)c1ccc(CNC(OC(=O)C2CCCN2)(C(=O)Cc2ccccc2)C(=O)Cc2ccccc2)cc1. The Kier molecular flexibility index (Phi) is 14.2. The smallest absolute Gasteiger partial charge is 0.325 e. The topological polar surface area (TPSA) is 139 Å². The summed E-state index contributed by atoms with van der Waals surface area (Å²) in [7, 11) is -4.63. The number of benzene rings is 6. The highest BCUT2D eigenvalue weighted by molar-refractivity contribution is 7.89. The monoisotopic (exact) mass is 861 g/mol. The summed E-state index contributed by atoms with van der Waals surface area (Å²) in [6.07, 6.45) is 1.17. The van der Waals surface area contributed by atoms with Crippen LogP contribution in [0.15, 0.2) is 181 Å². The van der Waals surface area contributed by atoms with Gasteiger partial charge in [-0.1, -0.05) is 171 Å². The highest BCUT2D eigenvalue weighted by atomic mass is 32.2. The molecular formula is C52H51N3O7S. The van der Waals surface area contributed by atoms with E-state index >= 15 is 8.42 Å². The summed E-state index contributed by atoms with van der Waals surface area (Å²) in [5.41, 5.74) is -0.510. The Bertz CT molecular complexity index is 2440. The number of carbonyl (C=O) groups is 4. The summed E-state index contributed by atoms with van der Waals surface area (Å²) >= 11 is 0. The molecular weight excluding hydrogens is 811 g/mol. The summed E-state index contributed by atoms with van der Waals surface area (Å²) in [6, 6.07) is 50.5. The minimum Gasteiger partial charge on any atom is -0.427 e. The van der Waals surface area contributed by atoms with Crippen LogP contribution in [0.25, 0.3) is 0 Å². The zero-order valence-electron chi connectivity index (χ0n) is 35.2. The summed E-state index contributed by atoms with van der Waals surface area (Å²) in [6.45, 7) is 2.26. The van der Waals surface area contributed by atoms with Gasteiger partial charge in [-0.25, -0.2) is 12.7 Å². The number of rotatable bonds is 19. The average molecular weight is 862 g/mol. The molecule has 1 unspecified atom stereocenters. The van der Waals surface area contributed by atoms with Crippen molar-refractivity contribution in [1.82, 2.24) is 14.9 Å². The van der Waals surface area contributed by atoms with Crippen molar-refractivity contribution in [3.63, 3.8) is 0 Å². The molecule has 0 saturated carbocycles. The number of amides is 1. The fourth-order valence-electron chi connectivity index (χ4n) is 8.24. The van der Waals surface area contributed by atoms with Crippen molar-refractivity contribution < 1.29 is 32.3 Å². The second-order valence-electron chi connectivity index (χ2n) is 15.6. The fraction of sp³-hybridized carbons (Fsp3) is 0.231. The maximum absolute atomic E-state index is 15.4. The fourth-order valence-corrected chi connectivity index (χ4v) is 9.97. The molecule has 322 valence electrons. The molecule has 1 heterocycles. The summed E-state index contributed by atoms with van der Waals surface area (Å²) in [4.78, 5) is 57.4. The lowest BCUT2D eigenvalue weighted by atomic mass is 9.76. The van der Waals surface area contributed by atoms with Gasteiger partial charge in [0.2, 0.25) is 17.5 Å². The molecule has 6 aromatic rings. The van der Waals surface area contributed by atoms with E-state index in [9.17, 15) is 19.2 Å². The van der Waals surface area contributed by atoms with E-state index in [2.05, 4.69) is 10.6 Å². The molecule has 11 heteroatoms. The molecule has 0 bridgehead atoms. The van der Waals surface area contributed by atoms with Crippen LogP contribution in [-0.4, -0.2) is 54.5 Å². The summed E-state index contributed by atoms with van der Waals surface area (Å²) in [5.74, 6) is -2.61. The van der Waals surface area contributed by atoms with Gasteiger partial charge in [0.25, 0.3) is 15.7 Å². The van der Waals surface area contributed by atoms with Crippen LogP contribution >= 0.6 is 0 Å². The molecule has 1 aliphatic heterocycles. The Hall–Kier alpha value is -6.53. The van der Waals surface area contributed by atoms with Gasteiger partial charge in [-0.2, -0.15) is 0 Å². The predicted molar refractivity (Wildman–Crippen MR) is 242 cm³/mol. The van der Waals surface area contributed by atoms with Crippen LogP contribution in [0, 0.1) is 0 Å². The molecule has 63 heavy (non-hydrogen) atoms. The van der Waals surface area contributed by atoms with E-state index in [1.54, 1.807) is 60.7 Å². The van der Waals surface area contributed by atoms with Gasteiger partial charge in [0.15, 0.2) is 0 Å². The van der Waals surface area contributed by atoms with E-state index < -0.39 is 50.8 Å². The van der Waals surface area contributed by atoms with E-state index in [1.165, 1.54) is 12.1 Å². The van der Waals surface area contributed by atoms with Crippen molar-refractivity contribution in [2.75, 3.05) is 6.54 Å². The Morgan fingerprint density at radius 2 is 1.08 bits per heavy atom. The molecule has 1 atom stereocenters. The van der Waals surface area contributed by atoms with Crippen LogP contribution in [0.3, 0.4) is 0 Å². The van der Waals surface area contributed by atoms with E-state index in [4.69, 9.17) is 4.74 Å². The lowest BCUT2D eigenvalue weighted by molar-refractivity contribution is -0.178. The number of ether oxygens (including phenoxy) is 1. The van der Waals surface area contributed by atoms with Gasteiger partial charge in [-0.3, -0.25) is 24.5 Å². The summed E-state index contributed by atoms with van der Waals surface area (Å²) in [5, 5.41) is 6.17. The van der Waals surface area contributed by atoms with Gasteiger partial charge < -0.3 is 10.1 Å². The number of ketones is 2. The number of nitrogens with zero attached hydrogens (tertiary/aromatic N) is 1. The first kappa shape index (κ1) is 44.5. The molecule has 1 aliphatic rings. The number of carbonyl (C=O) groups excluding carboxylic acids is 4. The molecule has 1 saturated heterocycles. The molecule has 2 N–H and O–H groups in total. The number of Topliss-reactive ketones (excluding diaryl/α,β-unsaturated/α-hetero) is 2. The molecule has 10 nitrogen and oxygen atoms in total. The molecule has 0 radical (unpaired) electrons. The summed E-state index contributed by atoms with van der Waals surface area (Å²) < 4.78 is 37.8. The third kappa shape index (κ3) is 9.61. The van der Waals surface area contributed by atoms with Gasteiger partial charge in [-0.05, 0) is 71.3 Å². The zero-order chi connectivity index (χ0) is 44.3.